The number of esters is 1. The normalized spacial score (nSPS) is 15.7. The Labute approximate surface area is 131 Å². The van der Waals surface area contributed by atoms with Crippen LogP contribution in [0.3, 0.4) is 0 Å². The number of carbonyl (C=O) groups excluding carboxylic acids is 1. The molecule has 0 N–H and O–H groups in total. The third kappa shape index (κ3) is 4.14. The Bertz CT molecular complexity index is 522. The smallest absolute Gasteiger partial charge is 0.425 e. The molecular weight excluding hydrogens is 392 g/mol. The predicted molar refractivity (Wildman–Crippen MR) is 56.5 cm³/mol. The van der Waals surface area contributed by atoms with E-state index in [9.17, 15) is 57.5 Å². The van der Waals surface area contributed by atoms with E-state index in [-0.39, 0.29) is 0 Å². The van der Waals surface area contributed by atoms with E-state index in [1.165, 1.54) is 0 Å². The van der Waals surface area contributed by atoms with Gasteiger partial charge in [0.25, 0.3) is 6.17 Å². The number of alkyl halides is 12. The Hall–Kier alpha value is -1.63. The van der Waals surface area contributed by atoms with Crippen LogP contribution in [0.4, 0.5) is 52.7 Å². The van der Waals surface area contributed by atoms with E-state index >= 15 is 0 Å². The van der Waals surface area contributed by atoms with E-state index in [1.54, 1.807) is 0 Å². The van der Waals surface area contributed by atoms with Gasteiger partial charge < -0.3 is 4.74 Å². The molecule has 0 heterocycles. The summed E-state index contributed by atoms with van der Waals surface area (Å²) in [7, 11) is 0. The van der Waals surface area contributed by atoms with E-state index < -0.39 is 54.2 Å². The summed E-state index contributed by atoms with van der Waals surface area (Å²) in [4.78, 5) is 10.8. The molecule has 0 fully saturated rings. The third-order valence-electron chi connectivity index (χ3n) is 2.61. The lowest BCUT2D eigenvalue weighted by Gasteiger charge is -2.37. The highest BCUT2D eigenvalue weighted by molar-refractivity contribution is 5.86. The number of halogens is 12. The van der Waals surface area contributed by atoms with Crippen LogP contribution in [0.15, 0.2) is 12.2 Å². The van der Waals surface area contributed by atoms with Gasteiger partial charge in [-0.3, -0.25) is 0 Å². The van der Waals surface area contributed by atoms with Crippen LogP contribution in [-0.2, 0) is 9.53 Å². The fourth-order valence-electron chi connectivity index (χ4n) is 1.17. The van der Waals surface area contributed by atoms with Gasteiger partial charge in [0.15, 0.2) is 6.61 Å². The first kappa shape index (κ1) is 23.4. The minimum atomic E-state index is -7.49. The van der Waals surface area contributed by atoms with Crippen LogP contribution in [0.25, 0.3) is 0 Å². The molecule has 14 heteroatoms. The van der Waals surface area contributed by atoms with Gasteiger partial charge in [0.05, 0.1) is 0 Å². The second-order valence-electron chi connectivity index (χ2n) is 4.74. The van der Waals surface area contributed by atoms with Crippen molar-refractivity contribution in [3.8, 4) is 0 Å². The minimum Gasteiger partial charge on any atom is -0.456 e. The summed E-state index contributed by atoms with van der Waals surface area (Å²) in [6, 6.07) is 0. The number of hydrogen-bond donors (Lipinski definition) is 0. The van der Waals surface area contributed by atoms with Crippen molar-refractivity contribution in [2.75, 3.05) is 6.61 Å². The molecule has 0 aliphatic heterocycles. The maximum atomic E-state index is 13.1. The molecule has 0 radical (unpaired) electrons. The summed E-state index contributed by atoms with van der Waals surface area (Å²) in [5, 5.41) is 0. The van der Waals surface area contributed by atoms with Crippen molar-refractivity contribution in [1.29, 1.82) is 0 Å². The standard InChI is InChI=1S/C11H8F12O2/c1-4(2)5(24)25-3-7(13,14)10(20,21)11(22,23)8(15,16)6(12)9(17,18)19/h6H,1,3H2,2H3. The zero-order valence-electron chi connectivity index (χ0n) is 11.8. The second kappa shape index (κ2) is 6.59. The fraction of sp³-hybridized carbons (Fsp3) is 0.727. The Morgan fingerprint density at radius 1 is 0.920 bits per heavy atom. The van der Waals surface area contributed by atoms with Crippen molar-refractivity contribution in [3.05, 3.63) is 12.2 Å². The van der Waals surface area contributed by atoms with Gasteiger partial charge >= 0.3 is 35.8 Å². The maximum Gasteiger partial charge on any atom is 0.425 e. The second-order valence-corrected chi connectivity index (χ2v) is 4.74. The molecule has 0 amide bonds. The first-order valence-corrected chi connectivity index (χ1v) is 5.78. The van der Waals surface area contributed by atoms with Crippen LogP contribution < -0.4 is 0 Å². The van der Waals surface area contributed by atoms with Crippen LogP contribution in [0.1, 0.15) is 6.92 Å². The maximum absolute atomic E-state index is 13.1. The number of hydrogen-bond acceptors (Lipinski definition) is 2. The van der Waals surface area contributed by atoms with Gasteiger partial charge in [0.2, 0.25) is 0 Å². The summed E-state index contributed by atoms with van der Waals surface area (Å²) in [5.74, 6) is -30.0. The summed E-state index contributed by atoms with van der Waals surface area (Å²) in [6.07, 6.45) is -12.6. The van der Waals surface area contributed by atoms with Crippen LogP contribution in [0.2, 0.25) is 0 Å². The zero-order valence-corrected chi connectivity index (χ0v) is 11.8. The Balaban J connectivity index is 5.78. The van der Waals surface area contributed by atoms with Crippen molar-refractivity contribution in [2.45, 2.75) is 43.0 Å². The molecule has 0 aliphatic carbocycles. The lowest BCUT2D eigenvalue weighted by molar-refractivity contribution is -0.395. The average molecular weight is 400 g/mol. The topological polar surface area (TPSA) is 26.3 Å². The van der Waals surface area contributed by atoms with Crippen LogP contribution in [-0.4, -0.2) is 48.6 Å². The molecular formula is C11H8F12O2. The quantitative estimate of drug-likeness (QED) is 0.356. The molecule has 0 aromatic carbocycles. The largest absolute Gasteiger partial charge is 0.456 e. The molecule has 0 aliphatic rings. The predicted octanol–water partition coefficient (Wildman–Crippen LogP) is 4.55. The van der Waals surface area contributed by atoms with E-state index in [0.717, 1.165) is 6.92 Å². The summed E-state index contributed by atoms with van der Waals surface area (Å²) < 4.78 is 156. The van der Waals surface area contributed by atoms with E-state index in [0.29, 0.717) is 0 Å². The molecule has 1 atom stereocenters. The Morgan fingerprint density at radius 3 is 1.64 bits per heavy atom. The first-order valence-electron chi connectivity index (χ1n) is 5.78. The van der Waals surface area contributed by atoms with Crippen molar-refractivity contribution in [1.82, 2.24) is 0 Å². The van der Waals surface area contributed by atoms with E-state index in [2.05, 4.69) is 11.3 Å². The Morgan fingerprint density at radius 2 is 1.32 bits per heavy atom. The molecule has 0 bridgehead atoms. The molecule has 0 saturated carbocycles. The summed E-state index contributed by atoms with van der Waals surface area (Å²) in [6.45, 7) is 0.722. The molecule has 0 aromatic rings. The van der Waals surface area contributed by atoms with Gasteiger partial charge in [0.1, 0.15) is 0 Å². The van der Waals surface area contributed by atoms with E-state index in [4.69, 9.17) is 0 Å². The fourth-order valence-corrected chi connectivity index (χ4v) is 1.17. The minimum absolute atomic E-state index is 0.669. The molecule has 25 heavy (non-hydrogen) atoms. The molecule has 0 spiro atoms. The van der Waals surface area contributed by atoms with Crippen LogP contribution in [0, 0.1) is 0 Å². The highest BCUT2D eigenvalue weighted by Gasteiger charge is 2.84. The average Bonchev–Trinajstić information content (AvgIpc) is 2.41. The number of ether oxygens (including phenoxy) is 1. The number of carbonyl (C=O) groups is 1. The molecule has 0 rings (SSSR count). The lowest BCUT2D eigenvalue weighted by Crippen LogP contribution is -2.67. The van der Waals surface area contributed by atoms with Crippen molar-refractivity contribution in [3.63, 3.8) is 0 Å². The third-order valence-corrected chi connectivity index (χ3v) is 2.61. The van der Waals surface area contributed by atoms with Gasteiger partial charge in [-0.1, -0.05) is 6.58 Å². The lowest BCUT2D eigenvalue weighted by atomic mass is 9.95. The molecule has 148 valence electrons. The van der Waals surface area contributed by atoms with Crippen molar-refractivity contribution >= 4 is 5.97 Å². The van der Waals surface area contributed by atoms with Crippen molar-refractivity contribution in [2.24, 2.45) is 0 Å². The zero-order chi connectivity index (χ0) is 20.6. The Kier molecular flexibility index (Phi) is 6.16. The van der Waals surface area contributed by atoms with E-state index in [1.807, 2.05) is 0 Å². The van der Waals surface area contributed by atoms with Gasteiger partial charge in [-0.05, 0) is 6.92 Å². The van der Waals surface area contributed by atoms with Crippen LogP contribution in [0.5, 0.6) is 0 Å². The highest BCUT2D eigenvalue weighted by Crippen LogP contribution is 2.55. The van der Waals surface area contributed by atoms with Gasteiger partial charge in [-0.2, -0.15) is 48.3 Å². The molecule has 1 unspecified atom stereocenters. The van der Waals surface area contributed by atoms with Crippen LogP contribution >= 0.6 is 0 Å². The molecule has 2 nitrogen and oxygen atoms in total. The summed E-state index contributed by atoms with van der Waals surface area (Å²) >= 11 is 0. The highest BCUT2D eigenvalue weighted by atomic mass is 19.4. The SMILES string of the molecule is C=C(C)C(=O)OCC(F)(F)C(F)(F)C(F)(F)C(F)(F)C(F)C(F)(F)F. The molecule has 0 aromatic heterocycles. The van der Waals surface area contributed by atoms with Gasteiger partial charge in [0, 0.05) is 5.57 Å². The molecule has 0 saturated heterocycles. The number of rotatable bonds is 7. The first-order chi connectivity index (χ1) is 10.7. The monoisotopic (exact) mass is 400 g/mol. The van der Waals surface area contributed by atoms with Crippen molar-refractivity contribution < 1.29 is 62.2 Å². The summed E-state index contributed by atoms with van der Waals surface area (Å²) in [5.41, 5.74) is -0.669. The van der Waals surface area contributed by atoms with Gasteiger partial charge in [-0.25, -0.2) is 9.18 Å². The van der Waals surface area contributed by atoms with Gasteiger partial charge in [-0.15, -0.1) is 0 Å².